The van der Waals surface area contributed by atoms with E-state index >= 15 is 0 Å². The number of hydrogen-bond acceptors (Lipinski definition) is 10. The van der Waals surface area contributed by atoms with Gasteiger partial charge in [-0.05, 0) is 47.7 Å². The molecule has 0 saturated carbocycles. The molecule has 0 fully saturated rings. The number of hydrogen-bond donors (Lipinski definition) is 0. The second-order valence-electron chi connectivity index (χ2n) is 15.3. The van der Waals surface area contributed by atoms with E-state index in [1.807, 2.05) is 152 Å². The normalized spacial score (nSPS) is 11.4. The quantitative estimate of drug-likeness (QED) is 0.0443. The zero-order valence-corrected chi connectivity index (χ0v) is 36.8. The van der Waals surface area contributed by atoms with Crippen molar-refractivity contribution in [3.63, 3.8) is 0 Å². The van der Waals surface area contributed by atoms with Crippen LogP contribution in [0, 0.1) is 6.92 Å². The summed E-state index contributed by atoms with van der Waals surface area (Å²) in [5.41, 5.74) is 4.95. The zero-order chi connectivity index (χ0) is 44.6. The fourth-order valence-electron chi connectivity index (χ4n) is 6.92. The second kappa shape index (κ2) is 26.6. The summed E-state index contributed by atoms with van der Waals surface area (Å²) in [5, 5.41) is 0. The Morgan fingerprint density at radius 1 is 0.500 bits per heavy atom. The number of benzene rings is 5. The molecule has 1 aromatic heterocycles. The van der Waals surface area contributed by atoms with E-state index in [0.29, 0.717) is 32.1 Å². The first-order chi connectivity index (χ1) is 31.5. The molecule has 11 heteroatoms. The van der Waals surface area contributed by atoms with E-state index in [4.69, 9.17) is 37.9 Å². The summed E-state index contributed by atoms with van der Waals surface area (Å²) in [6.45, 7) is 6.15. The molecule has 6 aromatic rings. The lowest BCUT2D eigenvalue weighted by molar-refractivity contribution is -0.0989. The van der Waals surface area contributed by atoms with Gasteiger partial charge in [0.15, 0.2) is 5.75 Å². The SMILES string of the molecule is CCOC(=O)c1cc(C)n(C(COC(COCc2ccccc2)COCc2ccccc2)COC(COCc2ccccc2)COCc2ccccc2)c(=O)c1OCc1ccccc1. The maximum Gasteiger partial charge on any atom is 0.342 e. The molecule has 0 spiro atoms. The van der Waals surface area contributed by atoms with Crippen molar-refractivity contribution in [2.24, 2.45) is 0 Å². The maximum atomic E-state index is 14.8. The van der Waals surface area contributed by atoms with Crippen molar-refractivity contribution in [1.82, 2.24) is 4.57 Å². The lowest BCUT2D eigenvalue weighted by atomic mass is 10.1. The van der Waals surface area contributed by atoms with Crippen LogP contribution in [0.25, 0.3) is 0 Å². The molecule has 0 aliphatic heterocycles. The van der Waals surface area contributed by atoms with Crippen molar-refractivity contribution in [3.8, 4) is 5.75 Å². The van der Waals surface area contributed by atoms with Gasteiger partial charge in [0, 0.05) is 5.69 Å². The highest BCUT2D eigenvalue weighted by molar-refractivity contribution is 5.92. The van der Waals surface area contributed by atoms with E-state index in [-0.39, 0.29) is 64.2 Å². The molecule has 0 saturated heterocycles. The monoisotopic (exact) mass is 869 g/mol. The Balaban J connectivity index is 1.27. The number of carbonyl (C=O) groups is 1. The van der Waals surface area contributed by atoms with Gasteiger partial charge in [0.2, 0.25) is 0 Å². The summed E-state index contributed by atoms with van der Waals surface area (Å²) in [6.07, 6.45) is -1.03. The van der Waals surface area contributed by atoms with Crippen molar-refractivity contribution < 1.29 is 42.7 Å². The van der Waals surface area contributed by atoms with Crippen LogP contribution in [0.4, 0.5) is 0 Å². The molecule has 0 radical (unpaired) electrons. The first-order valence-corrected chi connectivity index (χ1v) is 21.8. The minimum atomic E-state index is -0.709. The van der Waals surface area contributed by atoms with Crippen LogP contribution >= 0.6 is 0 Å². The van der Waals surface area contributed by atoms with Gasteiger partial charge in [-0.25, -0.2) is 4.79 Å². The lowest BCUT2D eigenvalue weighted by Gasteiger charge is -2.28. The number of rotatable bonds is 28. The van der Waals surface area contributed by atoms with Crippen LogP contribution < -0.4 is 10.3 Å². The van der Waals surface area contributed by atoms with Gasteiger partial charge in [-0.1, -0.05) is 152 Å². The van der Waals surface area contributed by atoms with E-state index in [2.05, 4.69) is 0 Å². The van der Waals surface area contributed by atoms with Crippen molar-refractivity contribution in [2.75, 3.05) is 46.2 Å². The highest BCUT2D eigenvalue weighted by atomic mass is 16.6. The van der Waals surface area contributed by atoms with Gasteiger partial charge in [-0.15, -0.1) is 0 Å². The fourth-order valence-corrected chi connectivity index (χ4v) is 6.92. The number of nitrogens with zero attached hydrogens (tertiary/aromatic N) is 1. The number of pyridine rings is 1. The minimum absolute atomic E-state index is 0.0220. The molecular formula is C53H59NO10. The summed E-state index contributed by atoms with van der Waals surface area (Å²) in [7, 11) is 0. The molecule has 0 bridgehead atoms. The first kappa shape index (κ1) is 47.6. The van der Waals surface area contributed by atoms with Gasteiger partial charge in [-0.3, -0.25) is 4.79 Å². The highest BCUT2D eigenvalue weighted by Gasteiger charge is 2.27. The average Bonchev–Trinajstić information content (AvgIpc) is 3.33. The Kier molecular flexibility index (Phi) is 19.8. The molecule has 64 heavy (non-hydrogen) atoms. The molecular weight excluding hydrogens is 811 g/mol. The Labute approximate surface area is 376 Å². The molecule has 0 aliphatic carbocycles. The van der Waals surface area contributed by atoms with Crippen LogP contribution in [-0.2, 0) is 66.2 Å². The van der Waals surface area contributed by atoms with Crippen LogP contribution in [0.3, 0.4) is 0 Å². The average molecular weight is 870 g/mol. The molecule has 6 rings (SSSR count). The van der Waals surface area contributed by atoms with Gasteiger partial charge < -0.3 is 42.5 Å². The molecule has 0 atom stereocenters. The van der Waals surface area contributed by atoms with Crippen LogP contribution in [0.5, 0.6) is 5.75 Å². The summed E-state index contributed by atoms with van der Waals surface area (Å²) >= 11 is 0. The predicted octanol–water partition coefficient (Wildman–Crippen LogP) is 9.09. The topological polar surface area (TPSA) is 113 Å². The second-order valence-corrected chi connectivity index (χ2v) is 15.3. The van der Waals surface area contributed by atoms with E-state index in [1.54, 1.807) is 24.5 Å². The maximum absolute atomic E-state index is 14.8. The summed E-state index contributed by atoms with van der Waals surface area (Å²) < 4.78 is 51.2. The van der Waals surface area contributed by atoms with Crippen LogP contribution in [0.15, 0.2) is 163 Å². The van der Waals surface area contributed by atoms with Crippen LogP contribution in [0.1, 0.15) is 56.8 Å². The summed E-state index contributed by atoms with van der Waals surface area (Å²) in [6, 6.07) is 50.0. The number of ether oxygens (including phenoxy) is 8. The molecule has 336 valence electrons. The number of aryl methyl sites for hydroxylation is 1. The lowest BCUT2D eigenvalue weighted by Crippen LogP contribution is -2.38. The summed E-state index contributed by atoms with van der Waals surface area (Å²) in [4.78, 5) is 28.2. The predicted molar refractivity (Wildman–Crippen MR) is 245 cm³/mol. The van der Waals surface area contributed by atoms with Gasteiger partial charge in [0.1, 0.15) is 24.4 Å². The first-order valence-electron chi connectivity index (χ1n) is 21.8. The highest BCUT2D eigenvalue weighted by Crippen LogP contribution is 2.23. The Morgan fingerprint density at radius 3 is 1.19 bits per heavy atom. The van der Waals surface area contributed by atoms with Gasteiger partial charge in [0.25, 0.3) is 5.56 Å². The molecule has 11 nitrogen and oxygen atoms in total. The molecule has 0 aliphatic rings. The van der Waals surface area contributed by atoms with Gasteiger partial charge >= 0.3 is 5.97 Å². The van der Waals surface area contributed by atoms with Crippen molar-refractivity contribution in [3.05, 3.63) is 207 Å². The molecule has 1 heterocycles. The number of esters is 1. The van der Waals surface area contributed by atoms with E-state index in [0.717, 1.165) is 27.8 Å². The van der Waals surface area contributed by atoms with Crippen molar-refractivity contribution in [2.45, 2.75) is 65.1 Å². The Morgan fingerprint density at radius 2 is 0.844 bits per heavy atom. The third kappa shape index (κ3) is 15.7. The Bertz CT molecular complexity index is 2090. The summed E-state index contributed by atoms with van der Waals surface area (Å²) in [5.74, 6) is -0.778. The van der Waals surface area contributed by atoms with Gasteiger partial charge in [-0.2, -0.15) is 0 Å². The smallest absolute Gasteiger partial charge is 0.342 e. The van der Waals surface area contributed by atoms with Crippen LogP contribution in [-0.4, -0.2) is 69.0 Å². The van der Waals surface area contributed by atoms with Gasteiger partial charge in [0.05, 0.1) is 78.7 Å². The van der Waals surface area contributed by atoms with Crippen molar-refractivity contribution in [1.29, 1.82) is 0 Å². The molecule has 5 aromatic carbocycles. The van der Waals surface area contributed by atoms with Crippen molar-refractivity contribution >= 4 is 5.97 Å². The van der Waals surface area contributed by atoms with E-state index < -0.39 is 29.8 Å². The van der Waals surface area contributed by atoms with E-state index in [1.165, 1.54) is 0 Å². The minimum Gasteiger partial charge on any atom is -0.482 e. The molecule has 0 unspecified atom stereocenters. The standard InChI is InChI=1S/C53H59NO10/c1-3-61-53(56)50-29-41(2)54(52(55)51(50)64-34-46-27-17-8-18-28-46)47(35-62-48(37-57-30-42-19-9-4-10-20-42)38-58-31-43-21-11-5-12-22-43)36-63-49(39-59-32-44-23-13-6-14-24-44)40-60-33-45-25-15-7-16-26-45/h4-29,47-49H,3,30-40H2,1-2H3. The van der Waals surface area contributed by atoms with Crippen LogP contribution in [0.2, 0.25) is 0 Å². The molecule has 0 N–H and O–H groups in total. The zero-order valence-electron chi connectivity index (χ0n) is 36.8. The molecule has 0 amide bonds. The van der Waals surface area contributed by atoms with E-state index in [9.17, 15) is 9.59 Å². The number of carbonyl (C=O) groups excluding carboxylic acids is 1. The fraction of sp³-hybridized carbons (Fsp3) is 0.321. The Hall–Kier alpha value is -5.92. The number of aromatic nitrogens is 1. The third-order valence-electron chi connectivity index (χ3n) is 10.2. The largest absolute Gasteiger partial charge is 0.482 e. The third-order valence-corrected chi connectivity index (χ3v) is 10.2.